The minimum Gasteiger partial charge on any atom is -0.493 e. The lowest BCUT2D eigenvalue weighted by Crippen LogP contribution is -2.52. The summed E-state index contributed by atoms with van der Waals surface area (Å²) in [5, 5.41) is 4.61. The number of amides is 2. The summed E-state index contributed by atoms with van der Waals surface area (Å²) in [6, 6.07) is 12.1. The van der Waals surface area contributed by atoms with Crippen molar-refractivity contribution in [3.8, 4) is 17.2 Å². The number of carbonyl (C=O) groups is 2. The van der Waals surface area contributed by atoms with Gasteiger partial charge in [0.2, 0.25) is 5.75 Å². The van der Waals surface area contributed by atoms with Crippen molar-refractivity contribution in [3.63, 3.8) is 0 Å². The zero-order valence-corrected chi connectivity index (χ0v) is 20.2. The van der Waals surface area contributed by atoms with Crippen molar-refractivity contribution < 1.29 is 23.8 Å². The van der Waals surface area contributed by atoms with E-state index in [1.165, 1.54) is 38.7 Å². The fourth-order valence-electron chi connectivity index (χ4n) is 3.56. The van der Waals surface area contributed by atoms with Gasteiger partial charge in [-0.3, -0.25) is 20.0 Å². The summed E-state index contributed by atoms with van der Waals surface area (Å²) in [7, 11) is 4.54. The number of ether oxygens (including phenoxy) is 3. The molecule has 1 aliphatic heterocycles. The first-order valence-electron chi connectivity index (χ1n) is 9.87. The molecule has 0 aliphatic carbocycles. The molecule has 4 rings (SSSR count). The number of rotatable bonds is 6. The van der Waals surface area contributed by atoms with Gasteiger partial charge in [0, 0.05) is 32.8 Å². The van der Waals surface area contributed by atoms with Crippen molar-refractivity contribution in [2.75, 3.05) is 26.6 Å². The number of nitrogens with zero attached hydrogens (tertiary/aromatic N) is 2. The lowest BCUT2D eigenvalue weighted by molar-refractivity contribution is 0.0490. The number of anilines is 1. The number of fused-ring (bicyclic) bond motifs is 1. The Morgan fingerprint density at radius 1 is 1.03 bits per heavy atom. The Labute approximate surface area is 204 Å². The molecule has 0 saturated heterocycles. The van der Waals surface area contributed by atoms with Crippen molar-refractivity contribution in [3.05, 3.63) is 75.1 Å². The van der Waals surface area contributed by atoms with Crippen LogP contribution in [0.5, 0.6) is 17.2 Å². The van der Waals surface area contributed by atoms with Gasteiger partial charge in [0.05, 0.1) is 26.9 Å². The number of carbonyl (C=O) groups excluding carboxylic acids is 2. The smallest absolute Gasteiger partial charge is 0.276 e. The molecule has 9 nitrogen and oxygen atoms in total. The second-order valence-electron chi connectivity index (χ2n) is 7.05. The van der Waals surface area contributed by atoms with Crippen LogP contribution < -0.4 is 25.0 Å². The van der Waals surface area contributed by atoms with Crippen molar-refractivity contribution in [1.29, 1.82) is 0 Å². The molecule has 2 N–H and O–H groups in total. The van der Waals surface area contributed by atoms with Gasteiger partial charge in [-0.1, -0.05) is 0 Å². The third kappa shape index (κ3) is 4.38. The predicted molar refractivity (Wildman–Crippen MR) is 129 cm³/mol. The average Bonchev–Trinajstić information content (AvgIpc) is 2.85. The van der Waals surface area contributed by atoms with Crippen molar-refractivity contribution >= 4 is 40.1 Å². The third-order valence-electron chi connectivity index (χ3n) is 5.15. The maximum Gasteiger partial charge on any atom is 0.276 e. The molecule has 2 heterocycles. The standard InChI is InChI=1S/C23H21IN4O5/c1-31-18-10-14(11-19(32-2)20(18)33-3)21-26-17-5-4-15(24)12-16(17)23(30)28(21)27-22(29)13-6-8-25-9-7-13/h4-12,21,26H,1-3H3,(H,27,29)/t21-/m0/s1. The molecule has 0 bridgehead atoms. The Morgan fingerprint density at radius 3 is 2.30 bits per heavy atom. The van der Waals surface area contributed by atoms with Crippen LogP contribution in [0.4, 0.5) is 5.69 Å². The van der Waals surface area contributed by atoms with E-state index in [0.29, 0.717) is 39.6 Å². The molecule has 2 aromatic carbocycles. The molecule has 3 aromatic rings. The highest BCUT2D eigenvalue weighted by atomic mass is 127. The van der Waals surface area contributed by atoms with Crippen LogP contribution in [-0.2, 0) is 0 Å². The largest absolute Gasteiger partial charge is 0.493 e. The Bertz CT molecular complexity index is 1180. The highest BCUT2D eigenvalue weighted by Gasteiger charge is 2.36. The van der Waals surface area contributed by atoms with E-state index in [-0.39, 0.29) is 5.91 Å². The first-order valence-corrected chi connectivity index (χ1v) is 10.9. The van der Waals surface area contributed by atoms with Crippen LogP contribution in [0.15, 0.2) is 54.9 Å². The molecule has 0 radical (unpaired) electrons. The zero-order chi connectivity index (χ0) is 23.5. The summed E-state index contributed by atoms with van der Waals surface area (Å²) in [4.78, 5) is 30.4. The quantitative estimate of drug-likeness (QED) is 0.445. The predicted octanol–water partition coefficient (Wildman–Crippen LogP) is 3.62. The molecule has 0 fully saturated rings. The molecular formula is C23H21IN4O5. The lowest BCUT2D eigenvalue weighted by Gasteiger charge is -2.38. The number of pyridine rings is 1. The van der Waals surface area contributed by atoms with Crippen LogP contribution in [0.1, 0.15) is 32.4 Å². The molecule has 1 atom stereocenters. The van der Waals surface area contributed by atoms with Gasteiger partial charge in [-0.05, 0) is 65.1 Å². The van der Waals surface area contributed by atoms with E-state index in [1.54, 1.807) is 30.3 Å². The third-order valence-corrected chi connectivity index (χ3v) is 5.82. The van der Waals surface area contributed by atoms with Crippen LogP contribution in [-0.4, -0.2) is 43.1 Å². The molecule has 170 valence electrons. The second-order valence-corrected chi connectivity index (χ2v) is 8.29. The Hall–Kier alpha value is -3.54. The molecule has 2 amide bonds. The number of hydrogen-bond donors (Lipinski definition) is 2. The van der Waals surface area contributed by atoms with Crippen LogP contribution in [0.3, 0.4) is 0 Å². The Balaban J connectivity index is 1.81. The van der Waals surface area contributed by atoms with Gasteiger partial charge in [0.1, 0.15) is 6.17 Å². The number of hydrogen-bond acceptors (Lipinski definition) is 7. The summed E-state index contributed by atoms with van der Waals surface area (Å²) in [5.41, 5.74) is 4.82. The number of hydrazine groups is 1. The van der Waals surface area contributed by atoms with Gasteiger partial charge in [0.25, 0.3) is 11.8 Å². The fourth-order valence-corrected chi connectivity index (χ4v) is 4.05. The van der Waals surface area contributed by atoms with Crippen molar-refractivity contribution in [2.24, 2.45) is 0 Å². The molecule has 33 heavy (non-hydrogen) atoms. The zero-order valence-electron chi connectivity index (χ0n) is 18.1. The Kier molecular flexibility index (Phi) is 6.54. The van der Waals surface area contributed by atoms with E-state index in [0.717, 1.165) is 3.57 Å². The molecular weight excluding hydrogens is 539 g/mol. The maximum absolute atomic E-state index is 13.5. The van der Waals surface area contributed by atoms with E-state index in [1.807, 2.05) is 12.1 Å². The monoisotopic (exact) mass is 560 g/mol. The van der Waals surface area contributed by atoms with Crippen LogP contribution >= 0.6 is 22.6 Å². The van der Waals surface area contributed by atoms with Gasteiger partial charge in [-0.2, -0.15) is 0 Å². The van der Waals surface area contributed by atoms with Gasteiger partial charge < -0.3 is 19.5 Å². The van der Waals surface area contributed by atoms with E-state index < -0.39 is 12.1 Å². The number of halogens is 1. The van der Waals surface area contributed by atoms with E-state index in [9.17, 15) is 9.59 Å². The summed E-state index contributed by atoms with van der Waals surface area (Å²) >= 11 is 2.14. The highest BCUT2D eigenvalue weighted by molar-refractivity contribution is 14.1. The maximum atomic E-state index is 13.5. The van der Waals surface area contributed by atoms with Crippen LogP contribution in [0, 0.1) is 3.57 Å². The Morgan fingerprint density at radius 2 is 1.70 bits per heavy atom. The number of benzene rings is 2. The van der Waals surface area contributed by atoms with Crippen molar-refractivity contribution in [1.82, 2.24) is 15.4 Å². The van der Waals surface area contributed by atoms with Gasteiger partial charge in [-0.25, -0.2) is 5.01 Å². The summed E-state index contributed by atoms with van der Waals surface area (Å²) in [6.07, 6.45) is 2.28. The first kappa shape index (κ1) is 22.6. The average molecular weight is 560 g/mol. The van der Waals surface area contributed by atoms with E-state index >= 15 is 0 Å². The minimum atomic E-state index is -0.746. The highest BCUT2D eigenvalue weighted by Crippen LogP contribution is 2.42. The summed E-state index contributed by atoms with van der Waals surface area (Å²) in [5.74, 6) is 0.473. The normalized spacial score (nSPS) is 14.7. The van der Waals surface area contributed by atoms with Crippen LogP contribution in [0.25, 0.3) is 0 Å². The first-order chi connectivity index (χ1) is 16.0. The summed E-state index contributed by atoms with van der Waals surface area (Å²) in [6.45, 7) is 0. The SMILES string of the molecule is COc1cc([C@H]2Nc3ccc(I)cc3C(=O)N2NC(=O)c2ccncc2)cc(OC)c1OC. The molecule has 10 heteroatoms. The molecule has 1 aliphatic rings. The molecule has 1 aromatic heterocycles. The number of nitrogens with one attached hydrogen (secondary N) is 2. The van der Waals surface area contributed by atoms with Crippen LogP contribution in [0.2, 0.25) is 0 Å². The van der Waals surface area contributed by atoms with Gasteiger partial charge in [0.15, 0.2) is 11.5 Å². The number of aromatic nitrogens is 1. The lowest BCUT2D eigenvalue weighted by atomic mass is 10.0. The van der Waals surface area contributed by atoms with E-state index in [2.05, 4.69) is 38.3 Å². The minimum absolute atomic E-state index is 0.358. The number of methoxy groups -OCH3 is 3. The second kappa shape index (κ2) is 9.53. The summed E-state index contributed by atoms with van der Waals surface area (Å²) < 4.78 is 17.3. The molecule has 0 unspecified atom stereocenters. The fraction of sp³-hybridized carbons (Fsp3) is 0.174. The van der Waals surface area contributed by atoms with E-state index in [4.69, 9.17) is 14.2 Å². The van der Waals surface area contributed by atoms with Crippen molar-refractivity contribution in [2.45, 2.75) is 6.17 Å². The topological polar surface area (TPSA) is 102 Å². The molecule has 0 spiro atoms. The van der Waals surface area contributed by atoms with Gasteiger partial charge >= 0.3 is 0 Å². The van der Waals surface area contributed by atoms with Gasteiger partial charge in [-0.15, -0.1) is 0 Å². The molecule has 0 saturated carbocycles.